The van der Waals surface area contributed by atoms with Crippen LogP contribution in [0.15, 0.2) is 0 Å². The van der Waals surface area contributed by atoms with Crippen LogP contribution >= 0.6 is 34.8 Å². The van der Waals surface area contributed by atoms with Gasteiger partial charge in [-0.1, -0.05) is 0 Å². The molecule has 0 saturated carbocycles. The van der Waals surface area contributed by atoms with Crippen LogP contribution in [0.5, 0.6) is 0 Å². The number of hydrogen-bond donors (Lipinski definition) is 0. The maximum absolute atomic E-state index is 11.6. The topological polar surface area (TPSA) is 0 Å². The highest BCUT2D eigenvalue weighted by atomic mass is 35.5. The lowest BCUT2D eigenvalue weighted by Crippen LogP contribution is -2.09. The summed E-state index contributed by atoms with van der Waals surface area (Å²) in [6, 6.07) is 0. The van der Waals surface area contributed by atoms with Crippen molar-refractivity contribution in [2.75, 3.05) is 0 Å². The summed E-state index contributed by atoms with van der Waals surface area (Å²) in [5, 5.41) is -3.27. The summed E-state index contributed by atoms with van der Waals surface area (Å²) in [5.41, 5.74) is 0. The second-order valence-corrected chi connectivity index (χ2v) is 3.04. The zero-order valence-corrected chi connectivity index (χ0v) is 5.94. The fourth-order valence-electron chi connectivity index (χ4n) is 0.175. The summed E-state index contributed by atoms with van der Waals surface area (Å²) in [5.74, 6) is 0. The maximum atomic E-state index is 11.6. The highest BCUT2D eigenvalue weighted by Gasteiger charge is 2.27. The van der Waals surface area contributed by atoms with Crippen molar-refractivity contribution in [3.63, 3.8) is 0 Å². The van der Waals surface area contributed by atoms with Crippen LogP contribution in [0.3, 0.4) is 0 Å². The van der Waals surface area contributed by atoms with Crippen LogP contribution < -0.4 is 0 Å². The van der Waals surface area contributed by atoms with Gasteiger partial charge in [-0.05, 0) is 11.6 Å². The van der Waals surface area contributed by atoms with E-state index in [4.69, 9.17) is 23.2 Å². The van der Waals surface area contributed by atoms with E-state index >= 15 is 0 Å². The van der Waals surface area contributed by atoms with Gasteiger partial charge in [0, 0.05) is 0 Å². The van der Waals surface area contributed by atoms with Gasteiger partial charge in [0.1, 0.15) is 4.84 Å². The zero-order chi connectivity index (χ0) is 6.78. The summed E-state index contributed by atoms with van der Waals surface area (Å²) in [7, 11) is 0. The molecule has 0 bridgehead atoms. The van der Waals surface area contributed by atoms with Crippen LogP contribution in [0.4, 0.5) is 8.78 Å². The summed E-state index contributed by atoms with van der Waals surface area (Å²) in [4.78, 5) is -1.09. The molecule has 0 radical (unpaired) electrons. The molecule has 0 aromatic rings. The Morgan fingerprint density at radius 1 is 1.38 bits per heavy atom. The number of rotatable bonds is 2. The Bertz CT molecular complexity index is 67.4. The molecule has 0 aliphatic carbocycles. The van der Waals surface area contributed by atoms with Crippen LogP contribution in [0.1, 0.15) is 6.42 Å². The van der Waals surface area contributed by atoms with E-state index in [0.717, 1.165) is 0 Å². The lowest BCUT2D eigenvalue weighted by molar-refractivity contribution is 0.0905. The molecule has 0 aromatic carbocycles. The SMILES string of the molecule is FC(F)(Cl)CC(Cl)Cl. The smallest absolute Gasteiger partial charge is 0.188 e. The van der Waals surface area contributed by atoms with Crippen molar-refractivity contribution in [2.45, 2.75) is 16.6 Å². The average Bonchev–Trinajstić information content (AvgIpc) is 1.21. The first-order valence-corrected chi connectivity index (χ1v) is 3.02. The van der Waals surface area contributed by atoms with Crippen LogP contribution in [-0.2, 0) is 0 Å². The van der Waals surface area contributed by atoms with E-state index in [1.54, 1.807) is 0 Å². The molecule has 0 aliphatic rings. The largest absolute Gasteiger partial charge is 0.324 e. The second-order valence-electron chi connectivity index (χ2n) is 1.21. The summed E-state index contributed by atoms with van der Waals surface area (Å²) in [6.07, 6.45) is -0.711. The molecule has 0 rings (SSSR count). The Labute approximate surface area is 60.7 Å². The molecule has 0 nitrogen and oxygen atoms in total. The van der Waals surface area contributed by atoms with Crippen LogP contribution in [0.2, 0.25) is 0 Å². The first kappa shape index (κ1) is 8.73. The molecule has 0 spiro atoms. The summed E-state index contributed by atoms with van der Waals surface area (Å²) in [6.45, 7) is 0. The lowest BCUT2D eigenvalue weighted by atomic mass is 10.5. The molecule has 0 aromatic heterocycles. The first-order chi connectivity index (χ1) is 3.42. The molecule has 0 unspecified atom stereocenters. The number of hydrogen-bond acceptors (Lipinski definition) is 0. The van der Waals surface area contributed by atoms with E-state index in [1.165, 1.54) is 0 Å². The van der Waals surface area contributed by atoms with Crippen LogP contribution in [0.25, 0.3) is 0 Å². The van der Waals surface area contributed by atoms with Gasteiger partial charge in [0.2, 0.25) is 0 Å². The van der Waals surface area contributed by atoms with Crippen molar-refractivity contribution in [2.24, 2.45) is 0 Å². The van der Waals surface area contributed by atoms with E-state index in [0.29, 0.717) is 0 Å². The Hall–Kier alpha value is 0.730. The highest BCUT2D eigenvalue weighted by molar-refractivity contribution is 6.44. The molecule has 8 heavy (non-hydrogen) atoms. The third-order valence-corrected chi connectivity index (χ3v) is 0.849. The minimum atomic E-state index is -3.27. The van der Waals surface area contributed by atoms with Gasteiger partial charge in [-0.2, -0.15) is 8.78 Å². The lowest BCUT2D eigenvalue weighted by Gasteiger charge is -2.05. The molecule has 0 heterocycles. The minimum Gasteiger partial charge on any atom is -0.188 e. The van der Waals surface area contributed by atoms with Gasteiger partial charge < -0.3 is 0 Å². The predicted octanol–water partition coefficient (Wildman–Crippen LogP) is 3.01. The fraction of sp³-hybridized carbons (Fsp3) is 1.00. The van der Waals surface area contributed by atoms with Gasteiger partial charge in [0.25, 0.3) is 0 Å². The maximum Gasteiger partial charge on any atom is 0.324 e. The van der Waals surface area contributed by atoms with Gasteiger partial charge >= 0.3 is 5.38 Å². The van der Waals surface area contributed by atoms with Crippen molar-refractivity contribution in [1.29, 1.82) is 0 Å². The van der Waals surface area contributed by atoms with Crippen LogP contribution in [-0.4, -0.2) is 10.2 Å². The van der Waals surface area contributed by atoms with Gasteiger partial charge in [-0.3, -0.25) is 0 Å². The third-order valence-electron chi connectivity index (χ3n) is 0.386. The van der Waals surface area contributed by atoms with Crippen molar-refractivity contribution in [1.82, 2.24) is 0 Å². The van der Waals surface area contributed by atoms with E-state index in [9.17, 15) is 8.78 Å². The monoisotopic (exact) mass is 182 g/mol. The molecule has 50 valence electrons. The van der Waals surface area contributed by atoms with Crippen molar-refractivity contribution >= 4 is 34.8 Å². The zero-order valence-electron chi connectivity index (χ0n) is 3.67. The predicted molar refractivity (Wildman–Crippen MR) is 30.9 cm³/mol. The summed E-state index contributed by atoms with van der Waals surface area (Å²) >= 11 is 14.4. The average molecular weight is 183 g/mol. The Morgan fingerprint density at radius 2 is 1.75 bits per heavy atom. The standard InChI is InChI=1S/C3H3Cl3F2/c4-2(5)1-3(6,7)8/h2H,1H2. The number of alkyl halides is 5. The minimum absolute atomic E-state index is 0.711. The van der Waals surface area contributed by atoms with Gasteiger partial charge in [-0.25, -0.2) is 0 Å². The Morgan fingerprint density at radius 3 is 1.75 bits per heavy atom. The van der Waals surface area contributed by atoms with E-state index in [-0.39, 0.29) is 0 Å². The molecule has 0 amide bonds. The van der Waals surface area contributed by atoms with Crippen molar-refractivity contribution in [3.8, 4) is 0 Å². The van der Waals surface area contributed by atoms with Gasteiger partial charge in [0.15, 0.2) is 0 Å². The highest BCUT2D eigenvalue weighted by Crippen LogP contribution is 2.28. The second kappa shape index (κ2) is 3.04. The van der Waals surface area contributed by atoms with Gasteiger partial charge in [-0.15, -0.1) is 23.2 Å². The quantitative estimate of drug-likeness (QED) is 0.577. The molecule has 0 saturated heterocycles. The molecule has 0 atom stereocenters. The van der Waals surface area contributed by atoms with Crippen molar-refractivity contribution < 1.29 is 8.78 Å². The van der Waals surface area contributed by atoms with Crippen LogP contribution in [0, 0.1) is 0 Å². The number of halogens is 5. The third kappa shape index (κ3) is 6.73. The molecular weight excluding hydrogens is 180 g/mol. The van der Waals surface area contributed by atoms with E-state index < -0.39 is 16.6 Å². The molecule has 0 N–H and O–H groups in total. The molecule has 0 fully saturated rings. The normalized spacial score (nSPS) is 12.8. The summed E-state index contributed by atoms with van der Waals surface area (Å²) < 4.78 is 23.1. The Balaban J connectivity index is 3.39. The molecule has 5 heteroatoms. The molecule has 0 aliphatic heterocycles. The van der Waals surface area contributed by atoms with Crippen molar-refractivity contribution in [3.05, 3.63) is 0 Å². The Kier molecular flexibility index (Phi) is 3.32. The van der Waals surface area contributed by atoms with E-state index in [2.05, 4.69) is 11.6 Å². The van der Waals surface area contributed by atoms with Gasteiger partial charge in [0.05, 0.1) is 6.42 Å². The first-order valence-electron chi connectivity index (χ1n) is 1.77. The molecular formula is C3H3Cl3F2. The fourth-order valence-corrected chi connectivity index (χ4v) is 0.875. The van der Waals surface area contributed by atoms with E-state index in [1.807, 2.05) is 0 Å².